The topological polar surface area (TPSA) is 100 Å². The zero-order valence-electron chi connectivity index (χ0n) is 15.0. The van der Waals surface area contributed by atoms with Crippen LogP contribution < -0.4 is 5.48 Å². The molecular formula is C21H17N3O4. The van der Waals surface area contributed by atoms with Gasteiger partial charge >= 0.3 is 5.97 Å². The molecular weight excluding hydrogens is 358 g/mol. The van der Waals surface area contributed by atoms with E-state index in [0.717, 1.165) is 5.56 Å². The quantitative estimate of drug-likeness (QED) is 0.492. The number of hydrogen-bond acceptors (Lipinski definition) is 6. The van der Waals surface area contributed by atoms with Gasteiger partial charge in [0.05, 0.1) is 16.9 Å². The average Bonchev–Trinajstić information content (AvgIpc) is 2.72. The number of benzene rings is 3. The maximum Gasteiger partial charge on any atom is 0.363 e. The summed E-state index contributed by atoms with van der Waals surface area (Å²) in [6, 6.07) is 19.4. The van der Waals surface area contributed by atoms with E-state index in [1.165, 1.54) is 24.3 Å². The number of nitrogens with one attached hydrogen (secondary N) is 1. The predicted molar refractivity (Wildman–Crippen MR) is 104 cm³/mol. The van der Waals surface area contributed by atoms with Gasteiger partial charge in [-0.1, -0.05) is 18.2 Å². The molecule has 0 aliphatic rings. The lowest BCUT2D eigenvalue weighted by Gasteiger charge is -2.08. The van der Waals surface area contributed by atoms with Gasteiger partial charge in [0.15, 0.2) is 0 Å². The Bertz CT molecular complexity index is 1010. The van der Waals surface area contributed by atoms with Gasteiger partial charge in [0, 0.05) is 5.56 Å². The summed E-state index contributed by atoms with van der Waals surface area (Å²) in [4.78, 5) is 29.1. The van der Waals surface area contributed by atoms with E-state index in [0.29, 0.717) is 22.5 Å². The Labute approximate surface area is 161 Å². The molecule has 0 bridgehead atoms. The molecule has 28 heavy (non-hydrogen) atoms. The van der Waals surface area contributed by atoms with Crippen LogP contribution in [-0.4, -0.2) is 17.0 Å². The maximum absolute atomic E-state index is 12.1. The summed E-state index contributed by atoms with van der Waals surface area (Å²) in [6.07, 6.45) is 0. The molecule has 0 heterocycles. The zero-order valence-corrected chi connectivity index (χ0v) is 15.0. The molecule has 0 radical (unpaired) electrons. The molecule has 1 amide bonds. The van der Waals surface area contributed by atoms with E-state index in [2.05, 4.69) is 15.7 Å². The molecule has 3 rings (SSSR count). The molecule has 0 saturated heterocycles. The number of carbonyl (C=O) groups excluding carboxylic acids is 2. The third kappa shape index (κ3) is 4.79. The number of amides is 1. The summed E-state index contributed by atoms with van der Waals surface area (Å²) in [5.74, 6) is -0.935. The van der Waals surface area contributed by atoms with E-state index in [-0.39, 0.29) is 5.75 Å². The summed E-state index contributed by atoms with van der Waals surface area (Å²) in [7, 11) is 0. The average molecular weight is 375 g/mol. The van der Waals surface area contributed by atoms with E-state index >= 15 is 0 Å². The number of carbonyl (C=O) groups is 2. The van der Waals surface area contributed by atoms with Crippen LogP contribution in [0.5, 0.6) is 5.75 Å². The highest BCUT2D eigenvalue weighted by atomic mass is 16.7. The van der Waals surface area contributed by atoms with Crippen molar-refractivity contribution < 1.29 is 19.5 Å². The summed E-state index contributed by atoms with van der Waals surface area (Å²) < 4.78 is 0. The standard InChI is InChI=1S/C21H17N3O4/c1-14-4-2-3-5-19(14)21(27)28-24-17-10-8-16(9-11-17)22-23-20(26)15-6-12-18(25)13-7-15/h2-13,24-25H,1H3. The Morgan fingerprint density at radius 2 is 1.61 bits per heavy atom. The second-order valence-electron chi connectivity index (χ2n) is 5.91. The van der Waals surface area contributed by atoms with Crippen LogP contribution in [0.15, 0.2) is 83.0 Å². The van der Waals surface area contributed by atoms with Crippen LogP contribution in [0.2, 0.25) is 0 Å². The van der Waals surface area contributed by atoms with Crippen LogP contribution >= 0.6 is 0 Å². The van der Waals surface area contributed by atoms with Gasteiger partial charge in [-0.2, -0.15) is 0 Å². The first kappa shape index (κ1) is 18.8. The van der Waals surface area contributed by atoms with Gasteiger partial charge < -0.3 is 9.94 Å². The van der Waals surface area contributed by atoms with Crippen molar-refractivity contribution in [1.29, 1.82) is 0 Å². The van der Waals surface area contributed by atoms with Crippen LogP contribution in [0.1, 0.15) is 26.3 Å². The van der Waals surface area contributed by atoms with Gasteiger partial charge in [-0.25, -0.2) is 10.3 Å². The second-order valence-corrected chi connectivity index (χ2v) is 5.91. The molecule has 2 N–H and O–H groups in total. The Kier molecular flexibility index (Phi) is 5.76. The highest BCUT2D eigenvalue weighted by molar-refractivity contribution is 5.94. The molecule has 0 unspecified atom stereocenters. The van der Waals surface area contributed by atoms with Gasteiger partial charge in [0.2, 0.25) is 0 Å². The number of anilines is 1. The van der Waals surface area contributed by atoms with E-state index in [4.69, 9.17) is 4.84 Å². The number of aryl methyl sites for hydroxylation is 1. The summed E-state index contributed by atoms with van der Waals surface area (Å²) in [5, 5.41) is 16.8. The number of phenolic OH excluding ortho intramolecular Hbond substituents is 1. The molecule has 0 aliphatic carbocycles. The number of phenols is 1. The normalized spacial score (nSPS) is 10.6. The maximum atomic E-state index is 12.1. The van der Waals surface area contributed by atoms with Crippen molar-refractivity contribution in [2.24, 2.45) is 10.2 Å². The Morgan fingerprint density at radius 3 is 2.29 bits per heavy atom. The van der Waals surface area contributed by atoms with Crippen LogP contribution in [0.3, 0.4) is 0 Å². The first-order chi connectivity index (χ1) is 13.5. The highest BCUT2D eigenvalue weighted by Crippen LogP contribution is 2.18. The third-order valence-electron chi connectivity index (χ3n) is 3.86. The molecule has 0 aromatic heterocycles. The first-order valence-electron chi connectivity index (χ1n) is 8.41. The van der Waals surface area contributed by atoms with Gasteiger partial charge in [-0.3, -0.25) is 4.79 Å². The fourth-order valence-corrected chi connectivity index (χ4v) is 2.32. The molecule has 0 spiro atoms. The van der Waals surface area contributed by atoms with Crippen LogP contribution in [0.25, 0.3) is 0 Å². The van der Waals surface area contributed by atoms with E-state index in [1.54, 1.807) is 36.4 Å². The minimum atomic E-state index is -0.519. The number of nitrogens with zero attached hydrogens (tertiary/aromatic N) is 2. The Hall–Kier alpha value is -4.00. The fourth-order valence-electron chi connectivity index (χ4n) is 2.32. The summed E-state index contributed by atoms with van der Waals surface area (Å²) in [6.45, 7) is 1.83. The van der Waals surface area contributed by atoms with Gasteiger partial charge in [0.25, 0.3) is 5.91 Å². The summed E-state index contributed by atoms with van der Waals surface area (Å²) >= 11 is 0. The lowest BCUT2D eigenvalue weighted by atomic mass is 10.1. The lowest BCUT2D eigenvalue weighted by Crippen LogP contribution is -2.11. The van der Waals surface area contributed by atoms with Crippen LogP contribution in [-0.2, 0) is 4.84 Å². The number of azo groups is 1. The van der Waals surface area contributed by atoms with Gasteiger partial charge in [0.1, 0.15) is 5.75 Å². The van der Waals surface area contributed by atoms with Crippen molar-refractivity contribution in [2.75, 3.05) is 5.48 Å². The molecule has 0 atom stereocenters. The molecule has 3 aromatic carbocycles. The Balaban J connectivity index is 1.57. The summed E-state index contributed by atoms with van der Waals surface area (Å²) in [5.41, 5.74) is 5.21. The Morgan fingerprint density at radius 1 is 0.929 bits per heavy atom. The molecule has 0 fully saturated rings. The SMILES string of the molecule is Cc1ccccc1C(=O)ONc1ccc(N=NC(=O)c2ccc(O)cc2)cc1. The van der Waals surface area contributed by atoms with Crippen LogP contribution in [0.4, 0.5) is 11.4 Å². The molecule has 0 saturated carbocycles. The third-order valence-corrected chi connectivity index (χ3v) is 3.86. The van der Waals surface area contributed by atoms with Crippen molar-refractivity contribution in [3.8, 4) is 5.75 Å². The smallest absolute Gasteiger partial charge is 0.363 e. The van der Waals surface area contributed by atoms with E-state index < -0.39 is 11.9 Å². The van der Waals surface area contributed by atoms with Crippen molar-refractivity contribution in [3.05, 3.63) is 89.5 Å². The lowest BCUT2D eigenvalue weighted by molar-refractivity contribution is 0.0595. The minimum absolute atomic E-state index is 0.0692. The van der Waals surface area contributed by atoms with Gasteiger partial charge in [-0.05, 0) is 67.1 Å². The van der Waals surface area contributed by atoms with Crippen molar-refractivity contribution >= 4 is 23.3 Å². The van der Waals surface area contributed by atoms with Crippen molar-refractivity contribution in [1.82, 2.24) is 0 Å². The minimum Gasteiger partial charge on any atom is -0.508 e. The van der Waals surface area contributed by atoms with E-state index in [1.807, 2.05) is 19.1 Å². The van der Waals surface area contributed by atoms with Gasteiger partial charge in [-0.15, -0.1) is 10.2 Å². The monoisotopic (exact) mass is 375 g/mol. The molecule has 7 nitrogen and oxygen atoms in total. The zero-order chi connectivity index (χ0) is 19.9. The largest absolute Gasteiger partial charge is 0.508 e. The molecule has 3 aromatic rings. The number of rotatable bonds is 5. The predicted octanol–water partition coefficient (Wildman–Crippen LogP) is 4.81. The number of hydrogen-bond donors (Lipinski definition) is 2. The molecule has 0 aliphatic heterocycles. The number of aromatic hydroxyl groups is 1. The van der Waals surface area contributed by atoms with E-state index in [9.17, 15) is 14.7 Å². The molecule has 7 heteroatoms. The molecule has 140 valence electrons. The van der Waals surface area contributed by atoms with Crippen molar-refractivity contribution in [3.63, 3.8) is 0 Å². The van der Waals surface area contributed by atoms with Crippen LogP contribution in [0, 0.1) is 6.92 Å². The fraction of sp³-hybridized carbons (Fsp3) is 0.0476. The highest BCUT2D eigenvalue weighted by Gasteiger charge is 2.10. The first-order valence-corrected chi connectivity index (χ1v) is 8.41. The van der Waals surface area contributed by atoms with Crippen molar-refractivity contribution in [2.45, 2.75) is 6.92 Å². The second kappa shape index (κ2) is 8.59.